The molecule has 16 heavy (non-hydrogen) atoms. The Morgan fingerprint density at radius 3 is 2.69 bits per heavy atom. The van der Waals surface area contributed by atoms with Crippen molar-refractivity contribution in [2.45, 2.75) is 0 Å². The van der Waals surface area contributed by atoms with E-state index in [2.05, 4.69) is 5.32 Å². The Labute approximate surface area is 96.0 Å². The van der Waals surface area contributed by atoms with Gasteiger partial charge in [0.15, 0.2) is 0 Å². The molecule has 1 N–H and O–H groups in total. The van der Waals surface area contributed by atoms with Crippen LogP contribution in [0.4, 0.5) is 5.69 Å². The number of ketones is 1. The van der Waals surface area contributed by atoms with Crippen LogP contribution in [-0.4, -0.2) is 11.7 Å². The van der Waals surface area contributed by atoms with Crippen LogP contribution < -0.4 is 5.32 Å². The van der Waals surface area contributed by atoms with Crippen LogP contribution in [-0.2, 0) is 4.79 Å². The summed E-state index contributed by atoms with van der Waals surface area (Å²) in [4.78, 5) is 22.8. The highest BCUT2D eigenvalue weighted by Gasteiger charge is 2.29. The van der Waals surface area contributed by atoms with Crippen LogP contribution in [0.2, 0.25) is 5.02 Å². The summed E-state index contributed by atoms with van der Waals surface area (Å²) in [6.07, 6.45) is 0. The number of rotatable bonds is 0. The average molecular weight is 232 g/mol. The van der Waals surface area contributed by atoms with E-state index >= 15 is 0 Å². The first-order valence-electron chi connectivity index (χ1n) is 4.75. The molecule has 0 saturated carbocycles. The minimum atomic E-state index is -0.595. The number of Topliss-reactive ketones (excluding diaryl/α,β-unsaturated/α-hetero) is 1. The van der Waals surface area contributed by atoms with Crippen molar-refractivity contribution in [3.05, 3.63) is 40.9 Å². The van der Waals surface area contributed by atoms with Gasteiger partial charge >= 0.3 is 0 Å². The van der Waals surface area contributed by atoms with Crippen molar-refractivity contribution in [2.24, 2.45) is 0 Å². The molecule has 0 spiro atoms. The smallest absolute Gasteiger partial charge is 0.296 e. The van der Waals surface area contributed by atoms with Crippen LogP contribution in [0, 0.1) is 0 Å². The van der Waals surface area contributed by atoms with Gasteiger partial charge in [-0.1, -0.05) is 29.8 Å². The average Bonchev–Trinajstić information content (AvgIpc) is 2.55. The summed E-state index contributed by atoms with van der Waals surface area (Å²) in [6.45, 7) is 0. The lowest BCUT2D eigenvalue weighted by Crippen LogP contribution is -2.12. The molecule has 3 rings (SSSR count). The van der Waals surface area contributed by atoms with Crippen molar-refractivity contribution < 1.29 is 9.59 Å². The molecule has 2 aromatic rings. The Balaban J connectivity index is 2.47. The maximum absolute atomic E-state index is 11.5. The molecule has 78 valence electrons. The summed E-state index contributed by atoms with van der Waals surface area (Å²) in [6, 6.07) is 8.89. The highest BCUT2D eigenvalue weighted by Crippen LogP contribution is 2.36. The number of carbonyl (C=O) groups is 2. The molecule has 0 aromatic heterocycles. The fourth-order valence-corrected chi connectivity index (χ4v) is 2.22. The molecule has 4 heteroatoms. The Hall–Kier alpha value is -1.87. The number of carbonyl (C=O) groups excluding carboxylic acids is 2. The van der Waals surface area contributed by atoms with Crippen LogP contribution in [0.25, 0.3) is 10.8 Å². The van der Waals surface area contributed by atoms with Crippen molar-refractivity contribution in [3.63, 3.8) is 0 Å². The number of fused-ring (bicyclic) bond motifs is 3. The minimum Gasteiger partial charge on any atom is -0.318 e. The van der Waals surface area contributed by atoms with Gasteiger partial charge in [0.1, 0.15) is 0 Å². The maximum Gasteiger partial charge on any atom is 0.296 e. The highest BCUT2D eigenvalue weighted by molar-refractivity contribution is 6.53. The van der Waals surface area contributed by atoms with Crippen LogP contribution in [0.3, 0.4) is 0 Å². The standard InChI is InChI=1S/C12H6ClNO2/c13-8-3-1-2-6-4-5-7-10(9(6)8)14-12(16)11(7)15/h1-5H,(H,14,15,16). The van der Waals surface area contributed by atoms with E-state index in [1.54, 1.807) is 18.2 Å². The molecule has 0 radical (unpaired) electrons. The number of halogens is 1. The fourth-order valence-electron chi connectivity index (χ4n) is 1.95. The number of hydrogen-bond acceptors (Lipinski definition) is 2. The zero-order valence-electron chi connectivity index (χ0n) is 8.08. The zero-order chi connectivity index (χ0) is 11.3. The van der Waals surface area contributed by atoms with Crippen molar-refractivity contribution in [3.8, 4) is 0 Å². The van der Waals surface area contributed by atoms with Crippen LogP contribution in [0.15, 0.2) is 30.3 Å². The predicted octanol–water partition coefficient (Wildman–Crippen LogP) is 2.63. The minimum absolute atomic E-state index is 0.394. The predicted molar refractivity (Wildman–Crippen MR) is 61.9 cm³/mol. The van der Waals surface area contributed by atoms with E-state index < -0.39 is 11.7 Å². The second kappa shape index (κ2) is 3.06. The third-order valence-corrected chi connectivity index (χ3v) is 3.00. The van der Waals surface area contributed by atoms with Crippen molar-refractivity contribution in [1.82, 2.24) is 0 Å². The van der Waals surface area contributed by atoms with Crippen molar-refractivity contribution in [1.29, 1.82) is 0 Å². The topological polar surface area (TPSA) is 46.2 Å². The van der Waals surface area contributed by atoms with E-state index in [9.17, 15) is 9.59 Å². The zero-order valence-corrected chi connectivity index (χ0v) is 8.84. The van der Waals surface area contributed by atoms with Gasteiger partial charge < -0.3 is 5.32 Å². The lowest BCUT2D eigenvalue weighted by molar-refractivity contribution is -0.112. The lowest BCUT2D eigenvalue weighted by atomic mass is 10.0. The lowest BCUT2D eigenvalue weighted by Gasteiger charge is -2.05. The SMILES string of the molecule is O=C1Nc2c(ccc3cccc(Cl)c23)C1=O. The molecule has 0 fully saturated rings. The molecule has 3 nitrogen and oxygen atoms in total. The summed E-state index contributed by atoms with van der Waals surface area (Å²) < 4.78 is 0. The van der Waals surface area contributed by atoms with Crippen LogP contribution in [0.5, 0.6) is 0 Å². The molecular weight excluding hydrogens is 226 g/mol. The van der Waals surface area contributed by atoms with Gasteiger partial charge in [-0.3, -0.25) is 9.59 Å². The quantitative estimate of drug-likeness (QED) is 0.709. The monoisotopic (exact) mass is 231 g/mol. The summed E-state index contributed by atoms with van der Waals surface area (Å²) in [7, 11) is 0. The van der Waals surface area contributed by atoms with E-state index in [0.29, 0.717) is 16.3 Å². The molecule has 1 aliphatic heterocycles. The second-order valence-electron chi connectivity index (χ2n) is 3.61. The van der Waals surface area contributed by atoms with Gasteiger partial charge in [0.2, 0.25) is 0 Å². The molecule has 0 saturated heterocycles. The van der Waals surface area contributed by atoms with E-state index in [-0.39, 0.29) is 0 Å². The summed E-state index contributed by atoms with van der Waals surface area (Å²) in [5.74, 6) is -1.10. The molecule has 0 bridgehead atoms. The van der Waals surface area contributed by atoms with E-state index in [0.717, 1.165) is 10.8 Å². The van der Waals surface area contributed by atoms with Gasteiger partial charge in [-0.15, -0.1) is 0 Å². The van der Waals surface area contributed by atoms with Crippen molar-refractivity contribution in [2.75, 3.05) is 5.32 Å². The number of amides is 1. The molecular formula is C12H6ClNO2. The van der Waals surface area contributed by atoms with Crippen molar-refractivity contribution >= 4 is 39.8 Å². The van der Waals surface area contributed by atoms with Gasteiger partial charge in [0.25, 0.3) is 11.7 Å². The first-order valence-corrected chi connectivity index (χ1v) is 5.13. The van der Waals surface area contributed by atoms with Gasteiger partial charge in [-0.2, -0.15) is 0 Å². The third-order valence-electron chi connectivity index (χ3n) is 2.68. The fraction of sp³-hybridized carbons (Fsp3) is 0. The molecule has 1 aliphatic rings. The number of anilines is 1. The highest BCUT2D eigenvalue weighted by atomic mass is 35.5. The second-order valence-corrected chi connectivity index (χ2v) is 4.02. The summed E-state index contributed by atoms with van der Waals surface area (Å²) >= 11 is 6.07. The molecule has 0 aliphatic carbocycles. The summed E-state index contributed by atoms with van der Waals surface area (Å²) in [5.41, 5.74) is 0.920. The molecule has 1 amide bonds. The van der Waals surface area contributed by atoms with E-state index in [1.165, 1.54) is 0 Å². The number of hydrogen-bond donors (Lipinski definition) is 1. The Morgan fingerprint density at radius 2 is 1.88 bits per heavy atom. The summed E-state index contributed by atoms with van der Waals surface area (Å²) in [5, 5.41) is 4.72. The molecule has 1 heterocycles. The van der Waals surface area contributed by atoms with Gasteiger partial charge in [-0.05, 0) is 17.5 Å². The Kier molecular flexibility index (Phi) is 1.79. The number of benzene rings is 2. The first kappa shape index (κ1) is 9.36. The first-order chi connectivity index (χ1) is 7.68. The Morgan fingerprint density at radius 1 is 1.06 bits per heavy atom. The Bertz CT molecular complexity index is 649. The maximum atomic E-state index is 11.5. The molecule has 2 aromatic carbocycles. The largest absolute Gasteiger partial charge is 0.318 e. The third kappa shape index (κ3) is 1.09. The normalized spacial score (nSPS) is 14.1. The van der Waals surface area contributed by atoms with Gasteiger partial charge in [0, 0.05) is 5.39 Å². The van der Waals surface area contributed by atoms with Gasteiger partial charge in [0.05, 0.1) is 16.3 Å². The van der Waals surface area contributed by atoms with Crippen LogP contribution in [0.1, 0.15) is 10.4 Å². The van der Waals surface area contributed by atoms with E-state index in [1.807, 2.05) is 12.1 Å². The van der Waals surface area contributed by atoms with Crippen LogP contribution >= 0.6 is 11.6 Å². The van der Waals surface area contributed by atoms with E-state index in [4.69, 9.17) is 11.6 Å². The molecule has 0 atom stereocenters. The molecule has 0 unspecified atom stereocenters. The van der Waals surface area contributed by atoms with Gasteiger partial charge in [-0.25, -0.2) is 0 Å². The number of nitrogens with one attached hydrogen (secondary N) is 1.